The zero-order chi connectivity index (χ0) is 25.1. The van der Waals surface area contributed by atoms with Crippen LogP contribution in [0.15, 0.2) is 54.6 Å². The number of hydrogen-bond donors (Lipinski definition) is 0. The summed E-state index contributed by atoms with van der Waals surface area (Å²) in [7, 11) is 0. The zero-order valence-electron chi connectivity index (χ0n) is 21.5. The minimum atomic E-state index is -1.88. The third kappa shape index (κ3) is 7.12. The number of aryl methyl sites for hydroxylation is 2. The lowest BCUT2D eigenvalue weighted by atomic mass is 9.78. The summed E-state index contributed by atoms with van der Waals surface area (Å²) in [5.74, 6) is -1.78. The van der Waals surface area contributed by atoms with Gasteiger partial charge in [-0.25, -0.2) is 13.2 Å². The molecule has 0 N–H and O–H groups in total. The molecule has 0 aromatic heterocycles. The van der Waals surface area contributed by atoms with Gasteiger partial charge in [-0.2, -0.15) is 0 Å². The first kappa shape index (κ1) is 27.3. The van der Waals surface area contributed by atoms with Crippen molar-refractivity contribution in [2.75, 3.05) is 0 Å². The van der Waals surface area contributed by atoms with Gasteiger partial charge in [0.25, 0.3) is 0 Å². The van der Waals surface area contributed by atoms with Crippen molar-refractivity contribution in [3.8, 4) is 0 Å². The molecule has 1 unspecified atom stereocenters. The van der Waals surface area contributed by atoms with Gasteiger partial charge < -0.3 is 0 Å². The summed E-state index contributed by atoms with van der Waals surface area (Å²) >= 11 is 0. The van der Waals surface area contributed by atoms with Gasteiger partial charge in [0.1, 0.15) is 0 Å². The van der Waals surface area contributed by atoms with Gasteiger partial charge in [-0.05, 0) is 42.4 Å². The Morgan fingerprint density at radius 3 is 2.06 bits per heavy atom. The third-order valence-corrected chi connectivity index (χ3v) is 7.21. The second kappa shape index (κ2) is 13.7. The molecular formula is C32H41F3. The van der Waals surface area contributed by atoms with E-state index >= 15 is 13.2 Å². The molecule has 0 heterocycles. The van der Waals surface area contributed by atoms with Crippen molar-refractivity contribution in [2.24, 2.45) is 0 Å². The molecule has 190 valence electrons. The Labute approximate surface area is 210 Å². The standard InChI is InChI=1S/C32H41F3/c1-3-5-7-8-9-10-12-16-26-20-23-28(31(34)30(26)33)29-17-13-14-24-32(29,35)27-21-18-25(19-22-27)15-11-6-4-2/h13-14,17-23H,3-12,15-16,24H2,1-2H3. The van der Waals surface area contributed by atoms with Crippen LogP contribution in [-0.4, -0.2) is 0 Å². The fraction of sp³-hybridized carbons (Fsp3) is 0.500. The summed E-state index contributed by atoms with van der Waals surface area (Å²) in [5.41, 5.74) is 0.369. The normalized spacial score (nSPS) is 17.6. The van der Waals surface area contributed by atoms with E-state index in [0.717, 1.165) is 38.5 Å². The van der Waals surface area contributed by atoms with E-state index in [9.17, 15) is 0 Å². The summed E-state index contributed by atoms with van der Waals surface area (Å²) in [6.07, 6.45) is 18.0. The number of allylic oxidation sites excluding steroid dienone is 4. The fourth-order valence-electron chi connectivity index (χ4n) is 4.99. The molecule has 0 spiro atoms. The molecule has 2 aromatic carbocycles. The summed E-state index contributed by atoms with van der Waals surface area (Å²) in [4.78, 5) is 0. The number of alkyl halides is 1. The van der Waals surface area contributed by atoms with E-state index in [0.29, 0.717) is 17.5 Å². The topological polar surface area (TPSA) is 0 Å². The predicted molar refractivity (Wildman–Crippen MR) is 142 cm³/mol. The summed E-state index contributed by atoms with van der Waals surface area (Å²) < 4.78 is 46.7. The lowest BCUT2D eigenvalue weighted by Crippen LogP contribution is -2.24. The van der Waals surface area contributed by atoms with Crippen LogP contribution in [0.3, 0.4) is 0 Å². The van der Waals surface area contributed by atoms with Crippen LogP contribution >= 0.6 is 0 Å². The van der Waals surface area contributed by atoms with Gasteiger partial charge in [-0.3, -0.25) is 0 Å². The molecule has 0 nitrogen and oxygen atoms in total. The van der Waals surface area contributed by atoms with Crippen LogP contribution in [0, 0.1) is 11.6 Å². The van der Waals surface area contributed by atoms with Crippen molar-refractivity contribution in [3.63, 3.8) is 0 Å². The van der Waals surface area contributed by atoms with Crippen molar-refractivity contribution < 1.29 is 13.2 Å². The molecule has 0 fully saturated rings. The van der Waals surface area contributed by atoms with Gasteiger partial charge >= 0.3 is 0 Å². The number of benzene rings is 2. The maximum absolute atomic E-state index is 16.5. The number of hydrogen-bond acceptors (Lipinski definition) is 0. The smallest absolute Gasteiger partial charge is 0.166 e. The SMILES string of the molecule is CCCCCCCCCc1ccc(C2=CC=CCC2(F)c2ccc(CCCCC)cc2)c(F)c1F. The van der Waals surface area contributed by atoms with Gasteiger partial charge in [0.05, 0.1) is 0 Å². The van der Waals surface area contributed by atoms with E-state index in [1.165, 1.54) is 37.7 Å². The summed E-state index contributed by atoms with van der Waals surface area (Å²) in [6, 6.07) is 10.7. The summed E-state index contributed by atoms with van der Waals surface area (Å²) in [6.45, 7) is 4.36. The van der Waals surface area contributed by atoms with Crippen LogP contribution in [0.2, 0.25) is 0 Å². The van der Waals surface area contributed by atoms with Gasteiger partial charge in [0, 0.05) is 17.6 Å². The molecule has 0 bridgehead atoms. The van der Waals surface area contributed by atoms with E-state index < -0.39 is 17.3 Å². The van der Waals surface area contributed by atoms with E-state index in [-0.39, 0.29) is 17.6 Å². The summed E-state index contributed by atoms with van der Waals surface area (Å²) in [5, 5.41) is 0. The maximum atomic E-state index is 16.5. The second-order valence-electron chi connectivity index (χ2n) is 9.94. The van der Waals surface area contributed by atoms with Crippen LogP contribution in [0.1, 0.15) is 107 Å². The third-order valence-electron chi connectivity index (χ3n) is 7.21. The zero-order valence-corrected chi connectivity index (χ0v) is 21.5. The highest BCUT2D eigenvalue weighted by Crippen LogP contribution is 2.46. The minimum Gasteiger partial charge on any atom is -0.233 e. The van der Waals surface area contributed by atoms with Gasteiger partial charge in [0.2, 0.25) is 0 Å². The molecule has 0 amide bonds. The van der Waals surface area contributed by atoms with Crippen molar-refractivity contribution >= 4 is 5.57 Å². The molecule has 0 radical (unpaired) electrons. The predicted octanol–water partition coefficient (Wildman–Crippen LogP) is 10.2. The molecule has 0 aliphatic heterocycles. The van der Waals surface area contributed by atoms with Crippen LogP contribution in [0.4, 0.5) is 13.2 Å². The Balaban J connectivity index is 1.73. The van der Waals surface area contributed by atoms with Gasteiger partial charge in [-0.15, -0.1) is 0 Å². The molecule has 1 aliphatic rings. The average Bonchev–Trinajstić information content (AvgIpc) is 2.87. The molecule has 3 heteroatoms. The average molecular weight is 483 g/mol. The highest BCUT2D eigenvalue weighted by atomic mass is 19.2. The first-order valence-electron chi connectivity index (χ1n) is 13.6. The van der Waals surface area contributed by atoms with Crippen molar-refractivity contribution in [2.45, 2.75) is 103 Å². The first-order chi connectivity index (χ1) is 17.0. The monoisotopic (exact) mass is 482 g/mol. The Morgan fingerprint density at radius 1 is 0.714 bits per heavy atom. The van der Waals surface area contributed by atoms with E-state index in [1.54, 1.807) is 42.5 Å². The molecule has 1 atom stereocenters. The van der Waals surface area contributed by atoms with Crippen molar-refractivity contribution in [1.82, 2.24) is 0 Å². The number of unbranched alkanes of at least 4 members (excludes halogenated alkanes) is 8. The van der Waals surface area contributed by atoms with E-state index in [1.807, 2.05) is 12.1 Å². The van der Waals surface area contributed by atoms with Gasteiger partial charge in [0.15, 0.2) is 17.3 Å². The van der Waals surface area contributed by atoms with Crippen LogP contribution < -0.4 is 0 Å². The van der Waals surface area contributed by atoms with Gasteiger partial charge in [-0.1, -0.05) is 120 Å². The Morgan fingerprint density at radius 2 is 1.34 bits per heavy atom. The highest BCUT2D eigenvalue weighted by molar-refractivity contribution is 5.77. The highest BCUT2D eigenvalue weighted by Gasteiger charge is 2.39. The van der Waals surface area contributed by atoms with Crippen molar-refractivity contribution in [3.05, 3.63) is 88.5 Å². The molecular weight excluding hydrogens is 441 g/mol. The minimum absolute atomic E-state index is 0.0182. The second-order valence-corrected chi connectivity index (χ2v) is 9.94. The first-order valence-corrected chi connectivity index (χ1v) is 13.6. The van der Waals surface area contributed by atoms with Crippen LogP contribution in [0.25, 0.3) is 5.57 Å². The molecule has 3 rings (SSSR count). The molecule has 0 saturated carbocycles. The van der Waals surface area contributed by atoms with E-state index in [2.05, 4.69) is 13.8 Å². The molecule has 1 aliphatic carbocycles. The van der Waals surface area contributed by atoms with Crippen LogP contribution in [0.5, 0.6) is 0 Å². The number of rotatable bonds is 14. The molecule has 0 saturated heterocycles. The lowest BCUT2D eigenvalue weighted by molar-refractivity contribution is 0.248. The fourth-order valence-corrected chi connectivity index (χ4v) is 4.99. The van der Waals surface area contributed by atoms with Crippen molar-refractivity contribution in [1.29, 1.82) is 0 Å². The van der Waals surface area contributed by atoms with Crippen LogP contribution in [-0.2, 0) is 18.5 Å². The Hall–Kier alpha value is -2.29. The quantitative estimate of drug-likeness (QED) is 0.235. The maximum Gasteiger partial charge on any atom is 0.166 e. The molecule has 2 aromatic rings. The number of halogens is 3. The lowest BCUT2D eigenvalue weighted by Gasteiger charge is -2.30. The molecule has 35 heavy (non-hydrogen) atoms. The Kier molecular flexibility index (Phi) is 10.7. The van der Waals surface area contributed by atoms with E-state index in [4.69, 9.17) is 0 Å². The largest absolute Gasteiger partial charge is 0.233 e. The Bertz CT molecular complexity index is 987.